The number of rotatable bonds is 5. The van der Waals surface area contributed by atoms with E-state index in [1.54, 1.807) is 6.07 Å². The van der Waals surface area contributed by atoms with E-state index in [0.29, 0.717) is 0 Å². The van der Waals surface area contributed by atoms with Crippen LogP contribution in [0.3, 0.4) is 0 Å². The minimum Gasteiger partial charge on any atom is -0.508 e. The summed E-state index contributed by atoms with van der Waals surface area (Å²) in [6.45, 7) is 1.77. The molecule has 0 saturated carbocycles. The lowest BCUT2D eigenvalue weighted by atomic mass is 10.2. The van der Waals surface area contributed by atoms with Crippen LogP contribution in [0.2, 0.25) is 0 Å². The van der Waals surface area contributed by atoms with Crippen LogP contribution in [0.4, 0.5) is 17.6 Å². The van der Waals surface area contributed by atoms with Gasteiger partial charge < -0.3 is 20.9 Å². The van der Waals surface area contributed by atoms with Crippen LogP contribution in [-0.2, 0) is 11.3 Å². The number of benzene rings is 2. The van der Waals surface area contributed by atoms with Gasteiger partial charge in [-0.3, -0.25) is 0 Å². The van der Waals surface area contributed by atoms with Crippen molar-refractivity contribution in [2.24, 2.45) is 0 Å². The van der Waals surface area contributed by atoms with E-state index in [0.717, 1.165) is 11.3 Å². The number of aryl methyl sites for hydroxylation is 1. The van der Waals surface area contributed by atoms with E-state index in [4.69, 9.17) is 10.5 Å². The third-order valence-corrected chi connectivity index (χ3v) is 3.50. The summed E-state index contributed by atoms with van der Waals surface area (Å²) in [5.41, 5.74) is 7.79. The topological polar surface area (TPSA) is 123 Å². The first kappa shape index (κ1) is 17.2. The molecule has 0 atom stereocenters. The SMILES string of the molecule is Cc1ccccc1Nc1nc(N)nc(COC(=O)c2cccc(O)c2)n1. The van der Waals surface area contributed by atoms with Gasteiger partial charge >= 0.3 is 5.97 Å². The number of aromatic hydroxyl groups is 1. The van der Waals surface area contributed by atoms with E-state index in [9.17, 15) is 9.90 Å². The fourth-order valence-corrected chi connectivity index (χ4v) is 2.24. The summed E-state index contributed by atoms with van der Waals surface area (Å²) in [7, 11) is 0. The largest absolute Gasteiger partial charge is 0.508 e. The lowest BCUT2D eigenvalue weighted by Gasteiger charge is -2.10. The molecule has 1 aromatic heterocycles. The molecule has 0 amide bonds. The van der Waals surface area contributed by atoms with Gasteiger partial charge in [0.15, 0.2) is 12.4 Å². The third-order valence-electron chi connectivity index (χ3n) is 3.50. The van der Waals surface area contributed by atoms with Gasteiger partial charge in [0, 0.05) is 5.69 Å². The number of nitrogen functional groups attached to an aromatic ring is 1. The number of nitrogens with two attached hydrogens (primary N) is 1. The maximum atomic E-state index is 12.0. The van der Waals surface area contributed by atoms with Gasteiger partial charge in [0.05, 0.1) is 5.56 Å². The minimum absolute atomic E-state index is 0.0134. The van der Waals surface area contributed by atoms with Crippen LogP contribution in [0, 0.1) is 6.92 Å². The zero-order chi connectivity index (χ0) is 18.5. The van der Waals surface area contributed by atoms with Crippen LogP contribution < -0.4 is 11.1 Å². The number of carbonyl (C=O) groups excluding carboxylic acids is 1. The minimum atomic E-state index is -0.603. The zero-order valence-electron chi connectivity index (χ0n) is 14.0. The van der Waals surface area contributed by atoms with E-state index in [-0.39, 0.29) is 35.6 Å². The standard InChI is InChI=1S/C18H17N5O3/c1-11-5-2-3-8-14(11)20-18-22-15(21-17(19)23-18)10-26-16(25)12-6-4-7-13(24)9-12/h2-9,24H,10H2,1H3,(H3,19,20,21,22,23). The second-order valence-corrected chi connectivity index (χ2v) is 5.50. The number of anilines is 3. The Kier molecular flexibility index (Phi) is 4.93. The molecule has 132 valence electrons. The van der Waals surface area contributed by atoms with Crippen LogP contribution in [-0.4, -0.2) is 26.0 Å². The average molecular weight is 351 g/mol. The molecule has 0 aliphatic carbocycles. The Morgan fingerprint density at radius 3 is 2.73 bits per heavy atom. The number of nitrogens with one attached hydrogen (secondary N) is 1. The van der Waals surface area contributed by atoms with E-state index in [1.807, 2.05) is 31.2 Å². The van der Waals surface area contributed by atoms with Gasteiger partial charge in [-0.1, -0.05) is 24.3 Å². The molecule has 0 fully saturated rings. The maximum Gasteiger partial charge on any atom is 0.338 e. The van der Waals surface area contributed by atoms with Gasteiger partial charge in [-0.05, 0) is 36.8 Å². The van der Waals surface area contributed by atoms with E-state index < -0.39 is 5.97 Å². The molecule has 3 aromatic rings. The number of phenols is 1. The van der Waals surface area contributed by atoms with Crippen molar-refractivity contribution in [2.75, 3.05) is 11.1 Å². The molecule has 8 nitrogen and oxygen atoms in total. The lowest BCUT2D eigenvalue weighted by Crippen LogP contribution is -2.11. The number of hydrogen-bond acceptors (Lipinski definition) is 8. The van der Waals surface area contributed by atoms with Gasteiger partial charge in [0.1, 0.15) is 5.75 Å². The smallest absolute Gasteiger partial charge is 0.338 e. The predicted octanol–water partition coefficient (Wildman–Crippen LogP) is 2.57. The third kappa shape index (κ3) is 4.23. The van der Waals surface area contributed by atoms with Gasteiger partial charge in [0.2, 0.25) is 11.9 Å². The Balaban J connectivity index is 1.71. The molecule has 26 heavy (non-hydrogen) atoms. The molecule has 2 aromatic carbocycles. The summed E-state index contributed by atoms with van der Waals surface area (Å²) < 4.78 is 5.17. The summed E-state index contributed by atoms with van der Waals surface area (Å²) in [5, 5.41) is 12.5. The molecule has 0 saturated heterocycles. The molecular weight excluding hydrogens is 334 g/mol. The van der Waals surface area contributed by atoms with Gasteiger partial charge in [-0.25, -0.2) is 4.79 Å². The quantitative estimate of drug-likeness (QED) is 0.599. The van der Waals surface area contributed by atoms with Crippen molar-refractivity contribution in [1.82, 2.24) is 15.0 Å². The Labute approximate surface area is 149 Å². The maximum absolute atomic E-state index is 12.0. The summed E-state index contributed by atoms with van der Waals surface area (Å²) >= 11 is 0. The van der Waals surface area contributed by atoms with Crippen molar-refractivity contribution in [3.05, 3.63) is 65.5 Å². The Morgan fingerprint density at radius 1 is 1.15 bits per heavy atom. The van der Waals surface area contributed by atoms with Crippen LogP contribution in [0.5, 0.6) is 5.75 Å². The highest BCUT2D eigenvalue weighted by molar-refractivity contribution is 5.89. The summed E-state index contributed by atoms with van der Waals surface area (Å²) in [6, 6.07) is 13.5. The van der Waals surface area contributed by atoms with Crippen LogP contribution in [0.25, 0.3) is 0 Å². The highest BCUT2D eigenvalue weighted by atomic mass is 16.5. The average Bonchev–Trinajstić information content (AvgIpc) is 2.61. The fourth-order valence-electron chi connectivity index (χ4n) is 2.24. The number of aromatic nitrogens is 3. The monoisotopic (exact) mass is 351 g/mol. The predicted molar refractivity (Wildman–Crippen MR) is 95.9 cm³/mol. The first-order valence-corrected chi connectivity index (χ1v) is 7.80. The van der Waals surface area contributed by atoms with Crippen molar-refractivity contribution < 1.29 is 14.6 Å². The number of carbonyl (C=O) groups is 1. The van der Waals surface area contributed by atoms with E-state index >= 15 is 0 Å². The molecule has 1 heterocycles. The van der Waals surface area contributed by atoms with E-state index in [1.165, 1.54) is 18.2 Å². The molecule has 0 unspecified atom stereocenters. The second-order valence-electron chi connectivity index (χ2n) is 5.50. The number of esters is 1. The van der Waals surface area contributed by atoms with Crippen LogP contribution >= 0.6 is 0 Å². The van der Waals surface area contributed by atoms with Crippen molar-refractivity contribution in [3.8, 4) is 5.75 Å². The number of nitrogens with zero attached hydrogens (tertiary/aromatic N) is 3. The zero-order valence-corrected chi connectivity index (χ0v) is 14.0. The summed E-state index contributed by atoms with van der Waals surface area (Å²) in [5.74, 6) is -0.140. The van der Waals surface area contributed by atoms with Crippen LogP contribution in [0.15, 0.2) is 48.5 Å². The highest BCUT2D eigenvalue weighted by Gasteiger charge is 2.11. The number of phenolic OH excluding ortho intramolecular Hbond substituents is 1. The Bertz CT molecular complexity index is 946. The van der Waals surface area contributed by atoms with Gasteiger partial charge in [-0.2, -0.15) is 15.0 Å². The molecule has 0 radical (unpaired) electrons. The fraction of sp³-hybridized carbons (Fsp3) is 0.111. The molecule has 0 bridgehead atoms. The number of hydrogen-bond donors (Lipinski definition) is 3. The van der Waals surface area contributed by atoms with Gasteiger partial charge in [-0.15, -0.1) is 0 Å². The molecule has 0 aliphatic rings. The Hall–Kier alpha value is -3.68. The molecule has 0 aliphatic heterocycles. The van der Waals surface area contributed by atoms with Crippen molar-refractivity contribution >= 4 is 23.6 Å². The van der Waals surface area contributed by atoms with Crippen LogP contribution in [0.1, 0.15) is 21.7 Å². The summed E-state index contributed by atoms with van der Waals surface area (Å²) in [4.78, 5) is 24.2. The number of ether oxygens (including phenoxy) is 1. The first-order valence-electron chi connectivity index (χ1n) is 7.80. The molecule has 3 rings (SSSR count). The van der Waals surface area contributed by atoms with Gasteiger partial charge in [0.25, 0.3) is 0 Å². The number of para-hydroxylation sites is 1. The Morgan fingerprint density at radius 2 is 1.96 bits per heavy atom. The van der Waals surface area contributed by atoms with Crippen molar-refractivity contribution in [2.45, 2.75) is 13.5 Å². The highest BCUT2D eigenvalue weighted by Crippen LogP contribution is 2.18. The molecule has 0 spiro atoms. The second kappa shape index (κ2) is 7.47. The molecule has 8 heteroatoms. The first-order chi connectivity index (χ1) is 12.5. The normalized spacial score (nSPS) is 10.3. The molecular formula is C18H17N5O3. The summed E-state index contributed by atoms with van der Waals surface area (Å²) in [6.07, 6.45) is 0. The lowest BCUT2D eigenvalue weighted by molar-refractivity contribution is 0.0461. The molecule has 4 N–H and O–H groups in total. The van der Waals surface area contributed by atoms with Crippen molar-refractivity contribution in [1.29, 1.82) is 0 Å². The van der Waals surface area contributed by atoms with E-state index in [2.05, 4.69) is 20.3 Å². The van der Waals surface area contributed by atoms with Crippen molar-refractivity contribution in [3.63, 3.8) is 0 Å².